The maximum atomic E-state index is 11.4. The van der Waals surface area contributed by atoms with Gasteiger partial charge < -0.3 is 5.11 Å². The largest absolute Gasteiger partial charge is 0.504 e. The molecular weight excluding hydrogens is 482 g/mol. The minimum atomic E-state index is -5.42. The second kappa shape index (κ2) is 11.4. The SMILES string of the molecule is C(#Cc1ccccc1)c1ccccc1.O=C(/C=C(\O)C(F)(F)F)C(F)(F)F.[Ag]. The van der Waals surface area contributed by atoms with E-state index < -0.39 is 30.0 Å². The molecule has 28 heavy (non-hydrogen) atoms. The molecule has 2 aromatic carbocycles. The van der Waals surface area contributed by atoms with Crippen LogP contribution in [0.5, 0.6) is 0 Å². The number of alkyl halides is 6. The summed E-state index contributed by atoms with van der Waals surface area (Å²) in [6, 6.07) is 20.0. The Morgan fingerprint density at radius 1 is 0.750 bits per heavy atom. The maximum absolute atomic E-state index is 11.4. The summed E-state index contributed by atoms with van der Waals surface area (Å²) in [6.45, 7) is 0. The van der Waals surface area contributed by atoms with Crippen LogP contribution in [0.25, 0.3) is 0 Å². The molecule has 0 saturated carbocycles. The van der Waals surface area contributed by atoms with Gasteiger partial charge in [0.2, 0.25) is 5.76 Å². The fraction of sp³-hybridized carbons (Fsp3) is 0.105. The predicted octanol–water partition coefficient (Wildman–Crippen LogP) is 5.21. The Morgan fingerprint density at radius 3 is 1.39 bits per heavy atom. The van der Waals surface area contributed by atoms with Gasteiger partial charge in [0, 0.05) is 39.6 Å². The van der Waals surface area contributed by atoms with Crippen LogP contribution in [0.3, 0.4) is 0 Å². The number of allylic oxidation sites excluding steroid dienone is 2. The Labute approximate surface area is 172 Å². The molecule has 0 aliphatic rings. The quantitative estimate of drug-likeness (QED) is 0.195. The van der Waals surface area contributed by atoms with Gasteiger partial charge in [0.15, 0.2) is 0 Å². The molecule has 1 N–H and O–H groups in total. The monoisotopic (exact) mass is 493 g/mol. The summed E-state index contributed by atoms with van der Waals surface area (Å²) in [5.41, 5.74) is 2.10. The zero-order valence-corrected chi connectivity index (χ0v) is 15.3. The molecule has 9 heteroatoms. The fourth-order valence-electron chi connectivity index (χ4n) is 1.48. The Kier molecular flexibility index (Phi) is 10.4. The van der Waals surface area contributed by atoms with Crippen molar-refractivity contribution in [3.05, 3.63) is 83.6 Å². The number of carbonyl (C=O) groups is 1. The molecule has 0 aliphatic heterocycles. The van der Waals surface area contributed by atoms with Crippen molar-refractivity contribution in [2.24, 2.45) is 0 Å². The summed E-state index contributed by atoms with van der Waals surface area (Å²) in [4.78, 5) is 9.86. The molecule has 0 aliphatic carbocycles. The fourth-order valence-corrected chi connectivity index (χ4v) is 1.48. The van der Waals surface area contributed by atoms with E-state index in [9.17, 15) is 31.1 Å². The Morgan fingerprint density at radius 2 is 1.11 bits per heavy atom. The van der Waals surface area contributed by atoms with E-state index in [4.69, 9.17) is 5.11 Å². The summed E-state index contributed by atoms with van der Waals surface area (Å²) in [7, 11) is 0. The van der Waals surface area contributed by atoms with E-state index in [0.717, 1.165) is 11.1 Å². The van der Waals surface area contributed by atoms with E-state index >= 15 is 0 Å². The van der Waals surface area contributed by atoms with Crippen LogP contribution >= 0.6 is 0 Å². The molecule has 2 nitrogen and oxygen atoms in total. The molecule has 2 rings (SSSR count). The van der Waals surface area contributed by atoms with E-state index in [-0.39, 0.29) is 22.4 Å². The molecule has 0 heterocycles. The number of benzene rings is 2. The van der Waals surface area contributed by atoms with Gasteiger partial charge in [-0.3, -0.25) is 4.79 Å². The van der Waals surface area contributed by atoms with Gasteiger partial charge >= 0.3 is 12.4 Å². The average Bonchev–Trinajstić information content (AvgIpc) is 2.60. The Balaban J connectivity index is 0.000000505. The van der Waals surface area contributed by atoms with Gasteiger partial charge in [0.1, 0.15) is 0 Å². The van der Waals surface area contributed by atoms with Crippen molar-refractivity contribution in [2.45, 2.75) is 12.4 Å². The third kappa shape index (κ3) is 10.0. The van der Waals surface area contributed by atoms with Crippen LogP contribution in [0.15, 0.2) is 72.5 Å². The van der Waals surface area contributed by atoms with Crippen molar-refractivity contribution in [1.82, 2.24) is 0 Å². The zero-order valence-electron chi connectivity index (χ0n) is 13.8. The molecule has 1 radical (unpaired) electrons. The van der Waals surface area contributed by atoms with Gasteiger partial charge in [-0.1, -0.05) is 48.2 Å². The summed E-state index contributed by atoms with van der Waals surface area (Å²) >= 11 is 0. The molecule has 0 atom stereocenters. The normalized spacial score (nSPS) is 11.1. The van der Waals surface area contributed by atoms with Crippen LogP contribution in [-0.4, -0.2) is 23.2 Å². The van der Waals surface area contributed by atoms with Gasteiger partial charge in [-0.25, -0.2) is 0 Å². The predicted molar refractivity (Wildman–Crippen MR) is 86.7 cm³/mol. The number of aliphatic hydroxyl groups excluding tert-OH is 1. The molecule has 0 aromatic heterocycles. The third-order valence-electron chi connectivity index (χ3n) is 2.74. The van der Waals surface area contributed by atoms with Gasteiger partial charge in [-0.2, -0.15) is 26.3 Å². The first kappa shape index (κ1) is 25.5. The van der Waals surface area contributed by atoms with Gasteiger partial charge in [0.25, 0.3) is 5.78 Å². The second-order valence-corrected chi connectivity index (χ2v) is 4.87. The molecule has 0 saturated heterocycles. The van der Waals surface area contributed by atoms with E-state index in [2.05, 4.69) is 11.8 Å². The van der Waals surface area contributed by atoms with Gasteiger partial charge in [0.05, 0.1) is 0 Å². The van der Waals surface area contributed by atoms with Crippen LogP contribution in [0.4, 0.5) is 26.3 Å². The summed E-state index contributed by atoms with van der Waals surface area (Å²) in [5, 5.41) is 7.93. The molecule has 153 valence electrons. The number of carbonyl (C=O) groups excluding carboxylic acids is 1. The van der Waals surface area contributed by atoms with E-state index in [1.54, 1.807) is 0 Å². The molecule has 0 spiro atoms. The van der Waals surface area contributed by atoms with Crippen LogP contribution in [0, 0.1) is 11.8 Å². The number of halogens is 6. The molecule has 0 bridgehead atoms. The summed E-state index contributed by atoms with van der Waals surface area (Å²) in [6.07, 6.45) is -11.7. The van der Waals surface area contributed by atoms with Crippen LogP contribution in [0.1, 0.15) is 11.1 Å². The Hall–Kier alpha value is -2.47. The Bertz CT molecular complexity index is 788. The zero-order chi connectivity index (χ0) is 20.5. The van der Waals surface area contributed by atoms with Crippen molar-refractivity contribution >= 4 is 5.78 Å². The first-order chi connectivity index (χ1) is 12.5. The second-order valence-electron chi connectivity index (χ2n) is 4.87. The minimum absolute atomic E-state index is 0. The topological polar surface area (TPSA) is 37.3 Å². The van der Waals surface area contributed by atoms with Crippen molar-refractivity contribution in [3.8, 4) is 11.8 Å². The van der Waals surface area contributed by atoms with Crippen molar-refractivity contribution < 1.29 is 58.6 Å². The number of hydrogen-bond donors (Lipinski definition) is 1. The number of aliphatic hydroxyl groups is 1. The standard InChI is InChI=1S/C14H10.C5H2F6O2.Ag/c1-3-7-13(8-4-1)11-12-14-9-5-2-6-10-14;6-4(7,8)2(12)1-3(13)5(9,10)11;/h1-10H;1,12H;/b;2-1-;. The van der Waals surface area contributed by atoms with Crippen LogP contribution < -0.4 is 0 Å². The van der Waals surface area contributed by atoms with Crippen molar-refractivity contribution in [1.29, 1.82) is 0 Å². The summed E-state index contributed by atoms with van der Waals surface area (Å²) < 4.78 is 68.1. The first-order valence-corrected chi connectivity index (χ1v) is 7.21. The first-order valence-electron chi connectivity index (χ1n) is 7.21. The van der Waals surface area contributed by atoms with Crippen LogP contribution in [0.2, 0.25) is 0 Å². The molecule has 0 unspecified atom stereocenters. The molecule has 0 amide bonds. The molecule has 2 aromatic rings. The van der Waals surface area contributed by atoms with Crippen molar-refractivity contribution in [2.75, 3.05) is 0 Å². The van der Waals surface area contributed by atoms with E-state index in [1.165, 1.54) is 0 Å². The number of ketones is 1. The molecule has 0 fully saturated rings. The van der Waals surface area contributed by atoms with E-state index in [0.29, 0.717) is 0 Å². The summed E-state index contributed by atoms with van der Waals surface area (Å²) in [5.74, 6) is 0.886. The van der Waals surface area contributed by atoms with Crippen LogP contribution in [-0.2, 0) is 27.2 Å². The van der Waals surface area contributed by atoms with Gasteiger partial charge in [-0.05, 0) is 24.3 Å². The number of rotatable bonds is 1. The van der Waals surface area contributed by atoms with Crippen molar-refractivity contribution in [3.63, 3.8) is 0 Å². The smallest absolute Gasteiger partial charge is 0.454 e. The minimum Gasteiger partial charge on any atom is -0.504 e. The number of hydrogen-bond acceptors (Lipinski definition) is 2. The van der Waals surface area contributed by atoms with Gasteiger partial charge in [-0.15, -0.1) is 0 Å². The van der Waals surface area contributed by atoms with E-state index in [1.807, 2.05) is 60.7 Å². The third-order valence-corrected chi connectivity index (χ3v) is 2.74. The maximum Gasteiger partial charge on any atom is 0.454 e. The molecular formula is C19H12AgF6O2. The average molecular weight is 494 g/mol.